The molecule has 0 radical (unpaired) electrons. The van der Waals surface area contributed by atoms with Crippen LogP contribution in [-0.2, 0) is 6.42 Å². The van der Waals surface area contributed by atoms with Crippen molar-refractivity contribution in [2.45, 2.75) is 40.2 Å². The number of aryl methyl sites for hydroxylation is 4. The summed E-state index contributed by atoms with van der Waals surface area (Å²) >= 11 is 0. The Morgan fingerprint density at radius 3 is 2.30 bits per heavy atom. The minimum Gasteiger partial charge on any atom is -0.271 e. The van der Waals surface area contributed by atoms with E-state index < -0.39 is 0 Å². The molecule has 1 heterocycles. The summed E-state index contributed by atoms with van der Waals surface area (Å²) in [5.41, 5.74) is 10.5. The van der Waals surface area contributed by atoms with E-state index in [9.17, 15) is 0 Å². The summed E-state index contributed by atoms with van der Waals surface area (Å²) in [6.45, 7) is 8.47. The number of hydrogen-bond acceptors (Lipinski definition) is 3. The van der Waals surface area contributed by atoms with Crippen molar-refractivity contribution in [3.63, 3.8) is 0 Å². The Balaban J connectivity index is 2.32. The summed E-state index contributed by atoms with van der Waals surface area (Å²) in [6.07, 6.45) is 2.72. The van der Waals surface area contributed by atoms with Crippen LogP contribution in [0.4, 0.5) is 0 Å². The van der Waals surface area contributed by atoms with E-state index in [-0.39, 0.29) is 6.04 Å². The fraction of sp³-hybridized carbons (Fsp3) is 0.353. The van der Waals surface area contributed by atoms with Gasteiger partial charge in [0.1, 0.15) is 0 Å². The van der Waals surface area contributed by atoms with Gasteiger partial charge in [-0.15, -0.1) is 0 Å². The maximum atomic E-state index is 5.76. The van der Waals surface area contributed by atoms with Crippen molar-refractivity contribution in [2.75, 3.05) is 0 Å². The monoisotopic (exact) mass is 269 g/mol. The lowest BCUT2D eigenvalue weighted by molar-refractivity contribution is 0.548. The molecule has 0 amide bonds. The van der Waals surface area contributed by atoms with Crippen molar-refractivity contribution < 1.29 is 0 Å². The Labute approximate surface area is 121 Å². The lowest BCUT2D eigenvalue weighted by Gasteiger charge is -2.20. The van der Waals surface area contributed by atoms with Gasteiger partial charge in [0.2, 0.25) is 0 Å². The first-order chi connectivity index (χ1) is 9.51. The van der Waals surface area contributed by atoms with Gasteiger partial charge in [-0.3, -0.25) is 16.3 Å². The standard InChI is InChI=1S/C17H23N3/c1-11-7-12(2)16(13(3)8-11)10-17(20-18)15-5-6-19-14(4)9-15/h5-9,17,20H,10,18H2,1-4H3. The topological polar surface area (TPSA) is 50.9 Å². The molecule has 1 unspecified atom stereocenters. The van der Waals surface area contributed by atoms with Crippen LogP contribution in [0.5, 0.6) is 0 Å². The van der Waals surface area contributed by atoms with Crippen LogP contribution in [-0.4, -0.2) is 4.98 Å². The molecule has 1 atom stereocenters. The first-order valence-electron chi connectivity index (χ1n) is 6.96. The predicted octanol–water partition coefficient (Wildman–Crippen LogP) is 3.06. The van der Waals surface area contributed by atoms with Crippen molar-refractivity contribution in [1.82, 2.24) is 10.4 Å². The molecule has 3 heteroatoms. The van der Waals surface area contributed by atoms with E-state index in [2.05, 4.69) is 49.4 Å². The molecule has 1 aromatic carbocycles. The van der Waals surface area contributed by atoms with Gasteiger partial charge in [-0.25, -0.2) is 0 Å². The summed E-state index contributed by atoms with van der Waals surface area (Å²) in [5.74, 6) is 5.76. The van der Waals surface area contributed by atoms with Crippen LogP contribution in [0.25, 0.3) is 0 Å². The zero-order valence-corrected chi connectivity index (χ0v) is 12.7. The maximum absolute atomic E-state index is 5.76. The van der Waals surface area contributed by atoms with Crippen molar-refractivity contribution in [3.8, 4) is 0 Å². The van der Waals surface area contributed by atoms with Gasteiger partial charge in [-0.05, 0) is 68.5 Å². The van der Waals surface area contributed by atoms with E-state index in [1.165, 1.54) is 27.8 Å². The van der Waals surface area contributed by atoms with Crippen LogP contribution in [0.3, 0.4) is 0 Å². The second-order valence-electron chi connectivity index (χ2n) is 5.53. The Morgan fingerprint density at radius 1 is 1.10 bits per heavy atom. The Kier molecular flexibility index (Phi) is 4.53. The largest absolute Gasteiger partial charge is 0.271 e. The van der Waals surface area contributed by atoms with Crippen LogP contribution in [0.15, 0.2) is 30.5 Å². The minimum absolute atomic E-state index is 0.108. The second kappa shape index (κ2) is 6.16. The van der Waals surface area contributed by atoms with Crippen molar-refractivity contribution in [1.29, 1.82) is 0 Å². The number of hydrazine groups is 1. The van der Waals surface area contributed by atoms with Gasteiger partial charge in [0.25, 0.3) is 0 Å². The highest BCUT2D eigenvalue weighted by Gasteiger charge is 2.14. The van der Waals surface area contributed by atoms with Gasteiger partial charge in [0.05, 0.1) is 6.04 Å². The van der Waals surface area contributed by atoms with Gasteiger partial charge in [0.15, 0.2) is 0 Å². The van der Waals surface area contributed by atoms with Gasteiger partial charge in [0, 0.05) is 11.9 Å². The average Bonchev–Trinajstić information content (AvgIpc) is 2.38. The third kappa shape index (κ3) is 3.24. The summed E-state index contributed by atoms with van der Waals surface area (Å²) in [5, 5.41) is 0. The molecule has 3 N–H and O–H groups in total. The number of aromatic nitrogens is 1. The first kappa shape index (κ1) is 14.7. The van der Waals surface area contributed by atoms with Gasteiger partial charge < -0.3 is 0 Å². The number of rotatable bonds is 4. The molecule has 20 heavy (non-hydrogen) atoms. The van der Waals surface area contributed by atoms with Crippen LogP contribution >= 0.6 is 0 Å². The molecule has 3 nitrogen and oxygen atoms in total. The SMILES string of the molecule is Cc1cc(C)c(CC(NN)c2ccnc(C)c2)c(C)c1. The van der Waals surface area contributed by atoms with Crippen molar-refractivity contribution in [3.05, 3.63) is 64.0 Å². The molecular formula is C17H23N3. The molecular weight excluding hydrogens is 246 g/mol. The van der Waals surface area contributed by atoms with E-state index in [0.717, 1.165) is 12.1 Å². The molecule has 0 aliphatic heterocycles. The Morgan fingerprint density at radius 2 is 1.75 bits per heavy atom. The molecule has 1 aromatic heterocycles. The summed E-state index contributed by atoms with van der Waals surface area (Å²) in [4.78, 5) is 4.24. The molecule has 0 aliphatic rings. The smallest absolute Gasteiger partial charge is 0.0501 e. The third-order valence-electron chi connectivity index (χ3n) is 3.77. The fourth-order valence-electron chi connectivity index (χ4n) is 2.79. The quantitative estimate of drug-likeness (QED) is 0.662. The molecule has 0 saturated carbocycles. The molecule has 0 bridgehead atoms. The minimum atomic E-state index is 0.108. The molecule has 2 aromatic rings. The summed E-state index contributed by atoms with van der Waals surface area (Å²) in [6, 6.07) is 8.68. The Hall–Kier alpha value is -1.71. The lowest BCUT2D eigenvalue weighted by Crippen LogP contribution is -2.30. The van der Waals surface area contributed by atoms with Crippen molar-refractivity contribution >= 4 is 0 Å². The molecule has 0 fully saturated rings. The second-order valence-corrected chi connectivity index (χ2v) is 5.53. The number of nitrogens with one attached hydrogen (secondary N) is 1. The van der Waals surface area contributed by atoms with E-state index in [1.54, 1.807) is 0 Å². The molecule has 0 aliphatic carbocycles. The number of nitrogens with two attached hydrogens (primary N) is 1. The third-order valence-corrected chi connectivity index (χ3v) is 3.77. The van der Waals surface area contributed by atoms with E-state index in [1.807, 2.05) is 19.2 Å². The van der Waals surface area contributed by atoms with Crippen LogP contribution in [0, 0.1) is 27.7 Å². The summed E-state index contributed by atoms with van der Waals surface area (Å²) < 4.78 is 0. The van der Waals surface area contributed by atoms with Crippen LogP contribution in [0.1, 0.15) is 39.6 Å². The average molecular weight is 269 g/mol. The maximum Gasteiger partial charge on any atom is 0.0501 e. The lowest BCUT2D eigenvalue weighted by atomic mass is 9.92. The number of hydrogen-bond donors (Lipinski definition) is 2. The van der Waals surface area contributed by atoms with Crippen LogP contribution in [0.2, 0.25) is 0 Å². The zero-order valence-electron chi connectivity index (χ0n) is 12.7. The van der Waals surface area contributed by atoms with Crippen molar-refractivity contribution in [2.24, 2.45) is 5.84 Å². The predicted molar refractivity (Wildman–Crippen MR) is 83.4 cm³/mol. The van der Waals surface area contributed by atoms with E-state index in [0.29, 0.717) is 0 Å². The highest BCUT2D eigenvalue weighted by Crippen LogP contribution is 2.23. The number of pyridine rings is 1. The molecule has 2 rings (SSSR count). The molecule has 0 spiro atoms. The highest BCUT2D eigenvalue weighted by atomic mass is 15.2. The number of benzene rings is 1. The zero-order chi connectivity index (χ0) is 14.7. The summed E-state index contributed by atoms with van der Waals surface area (Å²) in [7, 11) is 0. The molecule has 106 valence electrons. The van der Waals surface area contributed by atoms with Gasteiger partial charge in [-0.1, -0.05) is 17.7 Å². The van der Waals surface area contributed by atoms with E-state index >= 15 is 0 Å². The Bertz CT molecular complexity index is 582. The van der Waals surface area contributed by atoms with E-state index in [4.69, 9.17) is 5.84 Å². The highest BCUT2D eigenvalue weighted by molar-refractivity contribution is 5.39. The fourth-order valence-corrected chi connectivity index (χ4v) is 2.79. The normalized spacial score (nSPS) is 12.4. The van der Waals surface area contributed by atoms with Gasteiger partial charge >= 0.3 is 0 Å². The first-order valence-corrected chi connectivity index (χ1v) is 6.96. The van der Waals surface area contributed by atoms with Crippen LogP contribution < -0.4 is 11.3 Å². The molecule has 0 saturated heterocycles. The number of nitrogens with zero attached hydrogens (tertiary/aromatic N) is 1. The van der Waals surface area contributed by atoms with Gasteiger partial charge in [-0.2, -0.15) is 0 Å².